The molecule has 12 heavy (non-hydrogen) atoms. The number of rotatable bonds is 2. The highest BCUT2D eigenvalue weighted by Crippen LogP contribution is 2.18. The highest BCUT2D eigenvalue weighted by molar-refractivity contribution is 4.73. The minimum absolute atomic E-state index is 0.753. The van der Waals surface area contributed by atoms with Gasteiger partial charge in [0.2, 0.25) is 0 Å². The molecule has 2 rings (SSSR count). The van der Waals surface area contributed by atoms with Crippen LogP contribution in [0.2, 0.25) is 0 Å². The van der Waals surface area contributed by atoms with Crippen molar-refractivity contribution in [1.29, 1.82) is 0 Å². The Kier molecular flexibility index (Phi) is 2.98. The number of nitrogens with zero attached hydrogens (tertiary/aromatic N) is 1. The number of hydrazine groups is 1. The van der Waals surface area contributed by atoms with E-state index in [1.165, 1.54) is 25.7 Å². The lowest BCUT2D eigenvalue weighted by atomic mass is 10.3. The first-order chi connectivity index (χ1) is 5.95. The van der Waals surface area contributed by atoms with Crippen molar-refractivity contribution in [3.8, 4) is 0 Å². The Morgan fingerprint density at radius 2 is 1.75 bits per heavy atom. The van der Waals surface area contributed by atoms with Gasteiger partial charge in [0.25, 0.3) is 0 Å². The molecule has 0 bridgehead atoms. The average molecular weight is 170 g/mol. The van der Waals surface area contributed by atoms with E-state index in [4.69, 9.17) is 4.74 Å². The van der Waals surface area contributed by atoms with Crippen LogP contribution in [-0.4, -0.2) is 37.4 Å². The fourth-order valence-electron chi connectivity index (χ4n) is 2.01. The maximum absolute atomic E-state index is 5.28. The number of morpholine rings is 1. The standard InChI is InChI=1S/C9H18N2O/c1-2-4-9(3-1)10-11-5-7-12-8-6-11/h9-10H,1-8H2. The van der Waals surface area contributed by atoms with Crippen LogP contribution in [0.25, 0.3) is 0 Å². The van der Waals surface area contributed by atoms with Crippen LogP contribution in [0.1, 0.15) is 25.7 Å². The van der Waals surface area contributed by atoms with Crippen LogP contribution in [0.3, 0.4) is 0 Å². The number of nitrogens with one attached hydrogen (secondary N) is 1. The second kappa shape index (κ2) is 4.21. The Balaban J connectivity index is 1.69. The fraction of sp³-hybridized carbons (Fsp3) is 1.00. The van der Waals surface area contributed by atoms with Crippen molar-refractivity contribution in [1.82, 2.24) is 10.4 Å². The van der Waals surface area contributed by atoms with E-state index >= 15 is 0 Å². The Bertz CT molecular complexity index is 128. The Morgan fingerprint density at radius 3 is 2.42 bits per heavy atom. The van der Waals surface area contributed by atoms with Gasteiger partial charge >= 0.3 is 0 Å². The van der Waals surface area contributed by atoms with Gasteiger partial charge in [-0.3, -0.25) is 5.43 Å². The SMILES string of the molecule is C1CCC(NN2CCOCC2)C1. The summed E-state index contributed by atoms with van der Waals surface area (Å²) >= 11 is 0. The van der Waals surface area contributed by atoms with E-state index in [1.807, 2.05) is 0 Å². The van der Waals surface area contributed by atoms with Crippen molar-refractivity contribution in [3.05, 3.63) is 0 Å². The van der Waals surface area contributed by atoms with Crippen LogP contribution < -0.4 is 5.43 Å². The van der Waals surface area contributed by atoms with Gasteiger partial charge in [-0.15, -0.1) is 0 Å². The molecule has 0 atom stereocenters. The van der Waals surface area contributed by atoms with Crippen molar-refractivity contribution < 1.29 is 4.74 Å². The quantitative estimate of drug-likeness (QED) is 0.662. The van der Waals surface area contributed by atoms with Crippen molar-refractivity contribution in [2.45, 2.75) is 31.7 Å². The summed E-state index contributed by atoms with van der Waals surface area (Å²) in [5.74, 6) is 0. The highest BCUT2D eigenvalue weighted by Gasteiger charge is 2.18. The second-order valence-corrected chi connectivity index (χ2v) is 3.71. The molecule has 2 fully saturated rings. The van der Waals surface area contributed by atoms with Crippen LogP contribution in [0.4, 0.5) is 0 Å². The van der Waals surface area contributed by atoms with E-state index < -0.39 is 0 Å². The van der Waals surface area contributed by atoms with Crippen LogP contribution >= 0.6 is 0 Å². The molecule has 0 aromatic carbocycles. The van der Waals surface area contributed by atoms with E-state index in [9.17, 15) is 0 Å². The van der Waals surface area contributed by atoms with Gasteiger partial charge < -0.3 is 4.74 Å². The summed E-state index contributed by atoms with van der Waals surface area (Å²) in [5.41, 5.74) is 3.57. The van der Waals surface area contributed by atoms with Crippen LogP contribution in [0.15, 0.2) is 0 Å². The van der Waals surface area contributed by atoms with Gasteiger partial charge in [-0.25, -0.2) is 5.01 Å². The van der Waals surface area contributed by atoms with Gasteiger partial charge in [0, 0.05) is 19.1 Å². The summed E-state index contributed by atoms with van der Waals surface area (Å²) in [7, 11) is 0. The molecule has 3 nitrogen and oxygen atoms in total. The highest BCUT2D eigenvalue weighted by atomic mass is 16.5. The lowest BCUT2D eigenvalue weighted by molar-refractivity contribution is 0.00416. The van der Waals surface area contributed by atoms with Gasteiger partial charge in [-0.1, -0.05) is 12.8 Å². The zero-order valence-electron chi connectivity index (χ0n) is 7.59. The molecule has 0 radical (unpaired) electrons. The molecule has 1 N–H and O–H groups in total. The largest absolute Gasteiger partial charge is 0.379 e. The van der Waals surface area contributed by atoms with Gasteiger partial charge in [0.15, 0.2) is 0 Å². The van der Waals surface area contributed by atoms with Crippen molar-refractivity contribution in [3.63, 3.8) is 0 Å². The molecular formula is C9H18N2O. The molecule has 2 aliphatic rings. The number of ether oxygens (including phenoxy) is 1. The fourth-order valence-corrected chi connectivity index (χ4v) is 2.01. The maximum atomic E-state index is 5.28. The molecule has 3 heteroatoms. The summed E-state index contributed by atoms with van der Waals surface area (Å²) in [6.07, 6.45) is 5.53. The number of hydrogen-bond donors (Lipinski definition) is 1. The predicted molar refractivity (Wildman–Crippen MR) is 47.8 cm³/mol. The van der Waals surface area contributed by atoms with Crippen molar-refractivity contribution in [2.75, 3.05) is 26.3 Å². The summed E-state index contributed by atoms with van der Waals surface area (Å²) in [6, 6.07) is 0.753. The third-order valence-electron chi connectivity index (χ3n) is 2.73. The second-order valence-electron chi connectivity index (χ2n) is 3.71. The lowest BCUT2D eigenvalue weighted by Crippen LogP contribution is -2.49. The molecule has 70 valence electrons. The molecule has 1 saturated carbocycles. The Hall–Kier alpha value is -0.120. The monoisotopic (exact) mass is 170 g/mol. The molecule has 0 amide bonds. The van der Waals surface area contributed by atoms with E-state index in [1.54, 1.807) is 0 Å². The molecule has 0 aromatic heterocycles. The summed E-state index contributed by atoms with van der Waals surface area (Å²) in [5, 5.41) is 2.32. The van der Waals surface area contributed by atoms with E-state index in [2.05, 4.69) is 10.4 Å². The normalized spacial score (nSPS) is 28.0. The summed E-state index contributed by atoms with van der Waals surface area (Å²) in [6.45, 7) is 3.88. The molecule has 0 unspecified atom stereocenters. The average Bonchev–Trinajstić information content (AvgIpc) is 2.59. The minimum atomic E-state index is 0.753. The first-order valence-corrected chi connectivity index (χ1v) is 5.04. The van der Waals surface area contributed by atoms with Gasteiger partial charge in [-0.2, -0.15) is 0 Å². The van der Waals surface area contributed by atoms with Gasteiger partial charge in [0.05, 0.1) is 13.2 Å². The van der Waals surface area contributed by atoms with Crippen LogP contribution in [0.5, 0.6) is 0 Å². The molecule has 1 aliphatic carbocycles. The lowest BCUT2D eigenvalue weighted by Gasteiger charge is -2.30. The van der Waals surface area contributed by atoms with E-state index in [0.29, 0.717) is 0 Å². The molecule has 0 spiro atoms. The summed E-state index contributed by atoms with van der Waals surface area (Å²) < 4.78 is 5.28. The third-order valence-corrected chi connectivity index (χ3v) is 2.73. The Morgan fingerprint density at radius 1 is 1.08 bits per heavy atom. The zero-order valence-corrected chi connectivity index (χ0v) is 7.59. The molecule has 0 aromatic rings. The van der Waals surface area contributed by atoms with Gasteiger partial charge in [-0.05, 0) is 12.8 Å². The maximum Gasteiger partial charge on any atom is 0.0608 e. The molecule has 1 aliphatic heterocycles. The topological polar surface area (TPSA) is 24.5 Å². The van der Waals surface area contributed by atoms with Gasteiger partial charge in [0.1, 0.15) is 0 Å². The minimum Gasteiger partial charge on any atom is -0.379 e. The van der Waals surface area contributed by atoms with Crippen LogP contribution in [-0.2, 0) is 4.74 Å². The molecular weight excluding hydrogens is 152 g/mol. The predicted octanol–water partition coefficient (Wildman–Crippen LogP) is 0.766. The first kappa shape index (κ1) is 8.48. The zero-order chi connectivity index (χ0) is 8.23. The molecule has 1 heterocycles. The smallest absolute Gasteiger partial charge is 0.0608 e. The van der Waals surface area contributed by atoms with E-state index in [0.717, 1.165) is 32.3 Å². The first-order valence-electron chi connectivity index (χ1n) is 5.04. The number of hydrogen-bond acceptors (Lipinski definition) is 3. The van der Waals surface area contributed by atoms with Crippen molar-refractivity contribution in [2.24, 2.45) is 0 Å². The van der Waals surface area contributed by atoms with Crippen LogP contribution in [0, 0.1) is 0 Å². The third kappa shape index (κ3) is 2.19. The van der Waals surface area contributed by atoms with E-state index in [-0.39, 0.29) is 0 Å². The van der Waals surface area contributed by atoms with Crippen molar-refractivity contribution >= 4 is 0 Å². The Labute approximate surface area is 74.0 Å². The molecule has 1 saturated heterocycles. The summed E-state index contributed by atoms with van der Waals surface area (Å²) in [4.78, 5) is 0.